The Labute approximate surface area is 114 Å². The Balaban J connectivity index is 1.80. The molecule has 0 aromatic heterocycles. The minimum Gasteiger partial charge on any atom is -0.368 e. The maximum atomic E-state index is 11.6. The molecule has 106 valence electrons. The first-order valence-electron chi connectivity index (χ1n) is 6.16. The number of thioether (sulfide) groups is 1. The van der Waals surface area contributed by atoms with Gasteiger partial charge in [-0.25, -0.2) is 19.2 Å². The van der Waals surface area contributed by atoms with E-state index >= 15 is 0 Å². The molecular formula is C11H16NO6S+. The molecule has 2 aliphatic rings. The average molecular weight is 290 g/mol. The number of ether oxygens (including phenoxy) is 1. The lowest BCUT2D eigenvalue weighted by Gasteiger charge is -2.21. The summed E-state index contributed by atoms with van der Waals surface area (Å²) in [6, 6.07) is 0. The van der Waals surface area contributed by atoms with Crippen molar-refractivity contribution in [2.45, 2.75) is 37.5 Å². The Morgan fingerprint density at radius 1 is 1.37 bits per heavy atom. The number of quaternary nitrogens is 1. The van der Waals surface area contributed by atoms with Gasteiger partial charge in [-0.05, 0) is 19.3 Å². The molecule has 1 atom stereocenters. The third-order valence-electron chi connectivity index (χ3n) is 2.99. The lowest BCUT2D eigenvalue weighted by Crippen LogP contribution is -2.50. The van der Waals surface area contributed by atoms with E-state index in [0.29, 0.717) is 6.61 Å². The van der Waals surface area contributed by atoms with E-state index in [2.05, 4.69) is 4.84 Å². The van der Waals surface area contributed by atoms with Crippen LogP contribution in [0.1, 0.15) is 32.1 Å². The normalized spacial score (nSPS) is 26.5. The lowest BCUT2D eigenvalue weighted by molar-refractivity contribution is -1.12. The molecule has 0 saturated carbocycles. The zero-order valence-corrected chi connectivity index (χ0v) is 11.2. The number of carbonyl (C=O) groups excluding carboxylic acids is 3. The Morgan fingerprint density at radius 2 is 2.05 bits per heavy atom. The fraction of sp³-hybridized carbons (Fsp3) is 0.727. The van der Waals surface area contributed by atoms with Crippen LogP contribution in [0.5, 0.6) is 0 Å². The molecule has 2 amide bonds. The second kappa shape index (κ2) is 6.00. The first-order chi connectivity index (χ1) is 9.02. The van der Waals surface area contributed by atoms with E-state index in [-0.39, 0.29) is 24.0 Å². The van der Waals surface area contributed by atoms with Gasteiger partial charge in [0.2, 0.25) is 0 Å². The molecule has 2 fully saturated rings. The lowest BCUT2D eigenvalue weighted by atomic mass is 10.2. The summed E-state index contributed by atoms with van der Waals surface area (Å²) in [4.78, 5) is 37.0. The highest BCUT2D eigenvalue weighted by Crippen LogP contribution is 2.25. The van der Waals surface area contributed by atoms with E-state index in [1.165, 1.54) is 11.8 Å². The second-order valence-corrected chi connectivity index (χ2v) is 5.58. The highest BCUT2D eigenvalue weighted by Gasteiger charge is 2.55. The van der Waals surface area contributed by atoms with Gasteiger partial charge < -0.3 is 4.74 Å². The van der Waals surface area contributed by atoms with Crippen LogP contribution in [0.2, 0.25) is 0 Å². The highest BCUT2D eigenvalue weighted by atomic mass is 32.2. The first kappa shape index (κ1) is 14.4. The van der Waals surface area contributed by atoms with E-state index < -0.39 is 22.6 Å². The number of nitrogens with zero attached hydrogens (tertiary/aromatic N) is 1. The van der Waals surface area contributed by atoms with Crippen molar-refractivity contribution in [1.82, 2.24) is 0 Å². The van der Waals surface area contributed by atoms with Crippen molar-refractivity contribution in [3.8, 4) is 0 Å². The van der Waals surface area contributed by atoms with Crippen LogP contribution in [0.25, 0.3) is 0 Å². The van der Waals surface area contributed by atoms with Gasteiger partial charge in [-0.15, -0.1) is 11.8 Å². The number of hydrogen-bond donors (Lipinski definition) is 1. The SMILES string of the molecule is O=C(CSC1CCCCO1)O[N+]1(O)C(=O)CCC1=O. The molecule has 1 unspecified atom stereocenters. The summed E-state index contributed by atoms with van der Waals surface area (Å²) in [5, 5.41) is 9.69. The molecule has 0 aromatic carbocycles. The number of imide groups is 1. The number of carbonyl (C=O) groups is 3. The van der Waals surface area contributed by atoms with Gasteiger partial charge in [0.1, 0.15) is 16.0 Å². The molecule has 2 rings (SSSR count). The third kappa shape index (κ3) is 3.33. The minimum absolute atomic E-state index is 0.0637. The van der Waals surface area contributed by atoms with Crippen molar-refractivity contribution in [3.63, 3.8) is 0 Å². The van der Waals surface area contributed by atoms with Crippen LogP contribution >= 0.6 is 11.8 Å². The monoisotopic (exact) mass is 290 g/mol. The van der Waals surface area contributed by atoms with E-state index in [4.69, 9.17) is 4.74 Å². The molecule has 0 radical (unpaired) electrons. The van der Waals surface area contributed by atoms with Crippen LogP contribution in [-0.4, -0.2) is 45.6 Å². The molecule has 0 spiro atoms. The predicted molar refractivity (Wildman–Crippen MR) is 63.4 cm³/mol. The van der Waals surface area contributed by atoms with E-state index in [0.717, 1.165) is 19.3 Å². The second-order valence-electron chi connectivity index (χ2n) is 4.43. The minimum atomic E-state index is -1.84. The van der Waals surface area contributed by atoms with Crippen molar-refractivity contribution in [2.75, 3.05) is 12.4 Å². The van der Waals surface area contributed by atoms with Crippen molar-refractivity contribution in [1.29, 1.82) is 0 Å². The molecule has 2 aliphatic heterocycles. The van der Waals surface area contributed by atoms with Crippen molar-refractivity contribution < 1.29 is 34.0 Å². The van der Waals surface area contributed by atoms with Crippen LogP contribution < -0.4 is 0 Å². The summed E-state index contributed by atoms with van der Waals surface area (Å²) in [6.07, 6.45) is 2.70. The highest BCUT2D eigenvalue weighted by molar-refractivity contribution is 8.00. The van der Waals surface area contributed by atoms with E-state index in [9.17, 15) is 19.6 Å². The van der Waals surface area contributed by atoms with E-state index in [1.807, 2.05) is 0 Å². The maximum absolute atomic E-state index is 11.6. The van der Waals surface area contributed by atoms with Crippen LogP contribution in [0.15, 0.2) is 0 Å². The molecule has 8 heteroatoms. The Bertz CT molecular complexity index is 377. The van der Waals surface area contributed by atoms with E-state index in [1.54, 1.807) is 0 Å². The number of amides is 2. The molecule has 0 aromatic rings. The Kier molecular flexibility index (Phi) is 4.56. The van der Waals surface area contributed by atoms with Gasteiger partial charge in [-0.3, -0.25) is 0 Å². The van der Waals surface area contributed by atoms with Gasteiger partial charge in [0, 0.05) is 6.61 Å². The molecule has 2 heterocycles. The van der Waals surface area contributed by atoms with Crippen LogP contribution in [0, 0.1) is 0 Å². The van der Waals surface area contributed by atoms with Crippen molar-refractivity contribution in [2.24, 2.45) is 0 Å². The van der Waals surface area contributed by atoms with Gasteiger partial charge >= 0.3 is 17.8 Å². The number of hydrogen-bond acceptors (Lipinski definition) is 7. The summed E-state index contributed by atoms with van der Waals surface area (Å²) in [5.41, 5.74) is -0.0709. The zero-order chi connectivity index (χ0) is 13.9. The molecule has 2 saturated heterocycles. The quantitative estimate of drug-likeness (QED) is 0.464. The first-order valence-corrected chi connectivity index (χ1v) is 7.21. The number of hydroxylamine groups is 4. The van der Waals surface area contributed by atoms with Crippen molar-refractivity contribution in [3.05, 3.63) is 0 Å². The van der Waals surface area contributed by atoms with Crippen LogP contribution in [0.4, 0.5) is 0 Å². The molecule has 19 heavy (non-hydrogen) atoms. The van der Waals surface area contributed by atoms with Crippen molar-refractivity contribution >= 4 is 29.5 Å². The molecule has 7 nitrogen and oxygen atoms in total. The molecule has 0 aliphatic carbocycles. The summed E-state index contributed by atoms with van der Waals surface area (Å²) in [7, 11) is 0. The Morgan fingerprint density at radius 3 is 2.63 bits per heavy atom. The largest absolute Gasteiger partial charge is 0.397 e. The summed E-state index contributed by atoms with van der Waals surface area (Å²) < 4.78 is 5.42. The van der Waals surface area contributed by atoms with Gasteiger partial charge in [0.05, 0.1) is 12.8 Å². The van der Waals surface area contributed by atoms with Crippen LogP contribution in [-0.2, 0) is 24.0 Å². The standard InChI is InChI=1S/C11H16NO6S/c13-8-4-5-9(14)12(8,16)18-10(15)7-19-11-3-1-2-6-17-11/h11,16H,1-7H2/q+1. The van der Waals surface area contributed by atoms with Gasteiger partial charge in [0.15, 0.2) is 0 Å². The molecule has 1 N–H and O–H groups in total. The van der Waals surface area contributed by atoms with Crippen LogP contribution in [0.3, 0.4) is 0 Å². The summed E-state index contributed by atoms with van der Waals surface area (Å²) >= 11 is 1.25. The predicted octanol–water partition coefficient (Wildman–Crippen LogP) is 0.757. The smallest absolute Gasteiger partial charge is 0.368 e. The third-order valence-corrected chi connectivity index (χ3v) is 4.13. The fourth-order valence-corrected chi connectivity index (χ4v) is 2.84. The topological polar surface area (TPSA) is 89.9 Å². The average Bonchev–Trinajstić information content (AvgIpc) is 2.65. The van der Waals surface area contributed by atoms with Gasteiger partial charge in [-0.2, -0.15) is 5.21 Å². The fourth-order valence-electron chi connectivity index (χ4n) is 1.94. The Hall–Kier alpha value is -0.960. The zero-order valence-electron chi connectivity index (χ0n) is 10.4. The van der Waals surface area contributed by atoms with Gasteiger partial charge in [0.25, 0.3) is 0 Å². The number of rotatable bonds is 4. The maximum Gasteiger partial charge on any atom is 0.397 e. The molecular weight excluding hydrogens is 274 g/mol. The van der Waals surface area contributed by atoms with Gasteiger partial charge in [-0.1, -0.05) is 0 Å². The molecule has 0 bridgehead atoms. The summed E-state index contributed by atoms with van der Waals surface area (Å²) in [6.45, 7) is 0.670. The summed E-state index contributed by atoms with van der Waals surface area (Å²) in [5.74, 6) is -2.48.